The Bertz CT molecular complexity index is 1380. The van der Waals surface area contributed by atoms with E-state index in [2.05, 4.69) is 49.6 Å². The zero-order chi connectivity index (χ0) is 23.9. The van der Waals surface area contributed by atoms with E-state index in [1.54, 1.807) is 0 Å². The van der Waals surface area contributed by atoms with E-state index >= 15 is 0 Å². The molecule has 5 nitrogen and oxygen atoms in total. The van der Waals surface area contributed by atoms with Crippen LogP contribution in [0.25, 0.3) is 10.9 Å². The van der Waals surface area contributed by atoms with Crippen molar-refractivity contribution in [1.82, 2.24) is 4.57 Å². The number of nitrogens with zero attached hydrogens (tertiary/aromatic N) is 1. The van der Waals surface area contributed by atoms with Crippen LogP contribution in [0.5, 0.6) is 5.75 Å². The maximum absolute atomic E-state index is 12.8. The van der Waals surface area contributed by atoms with Crippen LogP contribution >= 0.6 is 0 Å². The highest BCUT2D eigenvalue weighted by Gasteiger charge is 2.33. The van der Waals surface area contributed by atoms with Gasteiger partial charge in [0.15, 0.2) is 0 Å². The number of benzene rings is 3. The number of fused-ring (bicyclic) bond motifs is 3. The van der Waals surface area contributed by atoms with Crippen LogP contribution < -0.4 is 4.74 Å². The minimum Gasteiger partial charge on any atom is -0.489 e. The van der Waals surface area contributed by atoms with E-state index in [1.807, 2.05) is 48.5 Å². The Kier molecular flexibility index (Phi) is 5.48. The lowest BCUT2D eigenvalue weighted by atomic mass is 9.87. The van der Waals surface area contributed by atoms with Crippen LogP contribution in [0, 0.1) is 0 Å². The van der Waals surface area contributed by atoms with E-state index in [0.29, 0.717) is 29.9 Å². The fourth-order valence-electron chi connectivity index (χ4n) is 4.40. The molecule has 4 aromatic rings. The van der Waals surface area contributed by atoms with Gasteiger partial charge < -0.3 is 14.0 Å². The van der Waals surface area contributed by atoms with Crippen molar-refractivity contribution in [2.24, 2.45) is 0 Å². The third-order valence-corrected chi connectivity index (χ3v) is 6.30. The summed E-state index contributed by atoms with van der Waals surface area (Å²) in [5.74, 6) is -0.762. The number of esters is 1. The van der Waals surface area contributed by atoms with E-state index in [1.165, 1.54) is 5.56 Å². The third kappa shape index (κ3) is 4.10. The van der Waals surface area contributed by atoms with E-state index in [-0.39, 0.29) is 12.0 Å². The predicted molar refractivity (Wildman–Crippen MR) is 131 cm³/mol. The number of ether oxygens (including phenoxy) is 2. The standard InChI is InChI=1S/C29H27NO4/c1-29(2,3)21-11-9-19(10-12-21)16-30-24-14-13-22(33-17-20-7-5-4-6-8-20)15-23(24)26-25(30)18-34-28(32)27(26)31/h4-15H,16-18H2,1-3H3. The normalized spacial score (nSPS) is 13.6. The van der Waals surface area contributed by atoms with Gasteiger partial charge in [-0.1, -0.05) is 75.4 Å². The Balaban J connectivity index is 1.53. The minimum atomic E-state index is -0.809. The van der Waals surface area contributed by atoms with Crippen LogP contribution in [0.2, 0.25) is 0 Å². The molecule has 5 rings (SSSR count). The Labute approximate surface area is 198 Å². The zero-order valence-corrected chi connectivity index (χ0v) is 19.6. The topological polar surface area (TPSA) is 57.5 Å². The number of carbonyl (C=O) groups excluding carboxylic acids is 2. The maximum Gasteiger partial charge on any atom is 0.380 e. The van der Waals surface area contributed by atoms with Gasteiger partial charge in [-0.25, -0.2) is 4.79 Å². The van der Waals surface area contributed by atoms with Crippen molar-refractivity contribution in [3.8, 4) is 5.75 Å². The molecule has 34 heavy (non-hydrogen) atoms. The van der Waals surface area contributed by atoms with Crippen molar-refractivity contribution in [3.63, 3.8) is 0 Å². The van der Waals surface area contributed by atoms with Gasteiger partial charge in [0.05, 0.1) is 11.3 Å². The quantitative estimate of drug-likeness (QED) is 0.283. The summed E-state index contributed by atoms with van der Waals surface area (Å²) in [7, 11) is 0. The van der Waals surface area contributed by atoms with Crippen molar-refractivity contribution in [2.45, 2.75) is 45.9 Å². The minimum absolute atomic E-state index is 0.0780. The van der Waals surface area contributed by atoms with Gasteiger partial charge in [0.2, 0.25) is 0 Å². The number of cyclic esters (lactones) is 1. The first-order valence-corrected chi connectivity index (χ1v) is 11.4. The van der Waals surface area contributed by atoms with Gasteiger partial charge in [0.1, 0.15) is 19.0 Å². The van der Waals surface area contributed by atoms with Crippen molar-refractivity contribution in [1.29, 1.82) is 0 Å². The summed E-state index contributed by atoms with van der Waals surface area (Å²) in [4.78, 5) is 24.9. The van der Waals surface area contributed by atoms with Crippen LogP contribution in [0.3, 0.4) is 0 Å². The fraction of sp³-hybridized carbons (Fsp3) is 0.241. The molecule has 0 N–H and O–H groups in total. The molecular weight excluding hydrogens is 426 g/mol. The predicted octanol–water partition coefficient (Wildman–Crippen LogP) is 5.81. The van der Waals surface area contributed by atoms with Gasteiger partial charge in [-0.2, -0.15) is 0 Å². The lowest BCUT2D eigenvalue weighted by molar-refractivity contribution is -0.140. The fourth-order valence-corrected chi connectivity index (χ4v) is 4.40. The first-order valence-electron chi connectivity index (χ1n) is 11.4. The van der Waals surface area contributed by atoms with E-state index in [4.69, 9.17) is 9.47 Å². The second kappa shape index (κ2) is 8.49. The molecule has 1 aromatic heterocycles. The smallest absolute Gasteiger partial charge is 0.380 e. The molecule has 0 radical (unpaired) electrons. The van der Waals surface area contributed by atoms with E-state index in [0.717, 1.165) is 22.3 Å². The van der Waals surface area contributed by atoms with Gasteiger partial charge in [-0.05, 0) is 40.3 Å². The third-order valence-electron chi connectivity index (χ3n) is 6.30. The van der Waals surface area contributed by atoms with Crippen molar-refractivity contribution >= 4 is 22.7 Å². The molecule has 0 saturated heterocycles. The molecule has 172 valence electrons. The summed E-state index contributed by atoms with van der Waals surface area (Å²) in [6.07, 6.45) is 0. The molecule has 0 unspecified atom stereocenters. The molecule has 0 aliphatic carbocycles. The first kappa shape index (κ1) is 22.0. The van der Waals surface area contributed by atoms with Crippen molar-refractivity contribution < 1.29 is 19.1 Å². The maximum atomic E-state index is 12.8. The molecule has 3 aromatic carbocycles. The largest absolute Gasteiger partial charge is 0.489 e. The molecule has 5 heteroatoms. The lowest BCUT2D eigenvalue weighted by Gasteiger charge is -2.20. The van der Waals surface area contributed by atoms with Gasteiger partial charge in [-0.15, -0.1) is 0 Å². The number of carbonyl (C=O) groups is 2. The highest BCUT2D eigenvalue weighted by atomic mass is 16.5. The van der Waals surface area contributed by atoms with E-state index < -0.39 is 11.8 Å². The molecule has 2 heterocycles. The number of Topliss-reactive ketones (excluding diaryl/α,β-unsaturated/α-hetero) is 1. The molecule has 1 aliphatic rings. The van der Waals surface area contributed by atoms with Gasteiger partial charge in [0, 0.05) is 17.4 Å². The average molecular weight is 454 g/mol. The molecule has 1 aliphatic heterocycles. The van der Waals surface area contributed by atoms with Gasteiger partial charge in [0.25, 0.3) is 5.78 Å². The first-order chi connectivity index (χ1) is 16.3. The molecular formula is C29H27NO4. The number of hydrogen-bond acceptors (Lipinski definition) is 4. The Morgan fingerprint density at radius 3 is 2.35 bits per heavy atom. The van der Waals surface area contributed by atoms with Crippen LogP contribution in [-0.2, 0) is 34.7 Å². The van der Waals surface area contributed by atoms with E-state index in [9.17, 15) is 9.59 Å². The monoisotopic (exact) mass is 453 g/mol. The zero-order valence-electron chi connectivity index (χ0n) is 19.6. The van der Waals surface area contributed by atoms with Crippen LogP contribution in [-0.4, -0.2) is 16.3 Å². The van der Waals surface area contributed by atoms with Crippen LogP contribution in [0.15, 0.2) is 72.8 Å². The highest BCUT2D eigenvalue weighted by molar-refractivity contribution is 6.44. The molecule has 0 bridgehead atoms. The SMILES string of the molecule is CC(C)(C)c1ccc(Cn2c3c(c4cc(OCc5ccccc5)ccc42)C(=O)C(=O)OC3)cc1. The summed E-state index contributed by atoms with van der Waals surface area (Å²) >= 11 is 0. The second-order valence-electron chi connectivity index (χ2n) is 9.71. The molecule has 0 amide bonds. The molecule has 0 fully saturated rings. The Morgan fingerprint density at radius 2 is 1.65 bits per heavy atom. The number of hydrogen-bond donors (Lipinski definition) is 0. The molecule has 0 saturated carbocycles. The van der Waals surface area contributed by atoms with Gasteiger partial charge in [-0.3, -0.25) is 4.79 Å². The lowest BCUT2D eigenvalue weighted by Crippen LogP contribution is -2.25. The summed E-state index contributed by atoms with van der Waals surface area (Å²) in [5, 5.41) is 0.716. The summed E-state index contributed by atoms with van der Waals surface area (Å²) in [6.45, 7) is 7.64. The van der Waals surface area contributed by atoms with Crippen LogP contribution in [0.4, 0.5) is 0 Å². The van der Waals surface area contributed by atoms with Gasteiger partial charge >= 0.3 is 5.97 Å². The van der Waals surface area contributed by atoms with Crippen molar-refractivity contribution in [3.05, 3.63) is 101 Å². The summed E-state index contributed by atoms with van der Waals surface area (Å²) in [5.41, 5.74) is 5.53. The molecule has 0 atom stereocenters. The number of aromatic nitrogens is 1. The number of ketones is 1. The van der Waals surface area contributed by atoms with Crippen LogP contribution in [0.1, 0.15) is 53.5 Å². The van der Waals surface area contributed by atoms with Crippen molar-refractivity contribution in [2.75, 3.05) is 0 Å². The molecule has 0 spiro atoms. The number of rotatable bonds is 5. The average Bonchev–Trinajstić information content (AvgIpc) is 3.14. The Morgan fingerprint density at radius 1 is 0.912 bits per heavy atom. The second-order valence-corrected chi connectivity index (χ2v) is 9.71. The summed E-state index contributed by atoms with van der Waals surface area (Å²) < 4.78 is 13.2. The summed E-state index contributed by atoms with van der Waals surface area (Å²) in [6, 6.07) is 24.1. The highest BCUT2D eigenvalue weighted by Crippen LogP contribution is 2.34. The Hall–Kier alpha value is -3.86.